The first-order valence-corrected chi connectivity index (χ1v) is 7.88. The lowest BCUT2D eigenvalue weighted by Gasteiger charge is -2.05. The largest absolute Gasteiger partial charge is 0.461 e. The van der Waals surface area contributed by atoms with Gasteiger partial charge in [0.05, 0.1) is 6.61 Å². The monoisotopic (exact) mass is 368 g/mol. The van der Waals surface area contributed by atoms with Gasteiger partial charge < -0.3 is 10.1 Å². The van der Waals surface area contributed by atoms with Crippen LogP contribution in [0.5, 0.6) is 0 Å². The Morgan fingerprint density at radius 1 is 1.43 bits per heavy atom. The summed E-state index contributed by atoms with van der Waals surface area (Å²) in [5.41, 5.74) is 1.88. The van der Waals surface area contributed by atoms with Crippen LogP contribution in [0.2, 0.25) is 0 Å². The second kappa shape index (κ2) is 6.82. The van der Waals surface area contributed by atoms with Crippen LogP contribution < -0.4 is 5.32 Å². The lowest BCUT2D eigenvalue weighted by atomic mass is 10.2. The fourth-order valence-electron chi connectivity index (χ4n) is 1.58. The van der Waals surface area contributed by atoms with Crippen molar-refractivity contribution >= 4 is 44.8 Å². The molecule has 0 atom stereocenters. The van der Waals surface area contributed by atoms with Gasteiger partial charge in [0.1, 0.15) is 5.69 Å². The molecule has 21 heavy (non-hydrogen) atoms. The Morgan fingerprint density at radius 2 is 2.19 bits per heavy atom. The minimum absolute atomic E-state index is 0.175. The first-order chi connectivity index (χ1) is 10.0. The van der Waals surface area contributed by atoms with E-state index in [1.165, 1.54) is 5.38 Å². The molecule has 1 N–H and O–H groups in total. The van der Waals surface area contributed by atoms with Crippen LogP contribution in [0.3, 0.4) is 0 Å². The highest BCUT2D eigenvalue weighted by Crippen LogP contribution is 2.21. The van der Waals surface area contributed by atoms with E-state index in [1.807, 2.05) is 19.1 Å². The van der Waals surface area contributed by atoms with Gasteiger partial charge in [0.2, 0.25) is 5.01 Å². The smallest absolute Gasteiger partial charge is 0.367 e. The van der Waals surface area contributed by atoms with Crippen LogP contribution in [0.25, 0.3) is 0 Å². The van der Waals surface area contributed by atoms with Crippen molar-refractivity contribution in [1.29, 1.82) is 0 Å². The number of esters is 1. The average Bonchev–Trinajstić information content (AvgIpc) is 2.93. The molecule has 0 unspecified atom stereocenters. The molecule has 0 aliphatic carbocycles. The van der Waals surface area contributed by atoms with Gasteiger partial charge in [-0.3, -0.25) is 4.79 Å². The molecule has 5 nitrogen and oxygen atoms in total. The third-order valence-corrected chi connectivity index (χ3v) is 4.31. The normalized spacial score (nSPS) is 10.2. The summed E-state index contributed by atoms with van der Waals surface area (Å²) in [6.07, 6.45) is 0. The van der Waals surface area contributed by atoms with Crippen molar-refractivity contribution in [2.75, 3.05) is 11.9 Å². The summed E-state index contributed by atoms with van der Waals surface area (Å²) in [4.78, 5) is 27.6. The molecule has 0 saturated heterocycles. The van der Waals surface area contributed by atoms with Gasteiger partial charge in [-0.1, -0.05) is 15.9 Å². The Kier molecular flexibility index (Phi) is 5.08. The molecule has 1 amide bonds. The van der Waals surface area contributed by atoms with Crippen molar-refractivity contribution in [2.45, 2.75) is 13.8 Å². The van der Waals surface area contributed by atoms with Crippen LogP contribution in [0.15, 0.2) is 28.1 Å². The van der Waals surface area contributed by atoms with Crippen molar-refractivity contribution in [3.8, 4) is 0 Å². The predicted octanol–water partition coefficient (Wildman–Crippen LogP) is 3.64. The molecule has 0 saturated carbocycles. The number of hydrogen-bond acceptors (Lipinski definition) is 5. The second-order valence-electron chi connectivity index (χ2n) is 4.18. The fraction of sp³-hybridized carbons (Fsp3) is 0.214. The molecule has 1 heterocycles. The molecule has 0 fully saturated rings. The lowest BCUT2D eigenvalue weighted by molar-refractivity contribution is 0.0526. The number of anilines is 1. The minimum atomic E-state index is -0.513. The highest BCUT2D eigenvalue weighted by atomic mass is 79.9. The van der Waals surface area contributed by atoms with Crippen molar-refractivity contribution in [1.82, 2.24) is 4.98 Å². The summed E-state index contributed by atoms with van der Waals surface area (Å²) in [5.74, 6) is -0.871. The Bertz CT molecular complexity index is 685. The molecule has 0 radical (unpaired) electrons. The number of aryl methyl sites for hydroxylation is 1. The lowest BCUT2D eigenvalue weighted by Crippen LogP contribution is -2.13. The molecule has 0 spiro atoms. The number of benzene rings is 1. The molecule has 110 valence electrons. The van der Waals surface area contributed by atoms with Crippen LogP contribution in [-0.2, 0) is 4.74 Å². The number of amides is 1. The summed E-state index contributed by atoms with van der Waals surface area (Å²) in [7, 11) is 0. The third-order valence-electron chi connectivity index (χ3n) is 2.60. The number of carbonyl (C=O) groups is 2. The minimum Gasteiger partial charge on any atom is -0.461 e. The van der Waals surface area contributed by atoms with Crippen LogP contribution >= 0.6 is 27.3 Å². The number of ether oxygens (including phenoxy) is 1. The molecular weight excluding hydrogens is 356 g/mol. The topological polar surface area (TPSA) is 68.3 Å². The standard InChI is InChI=1S/C14H13BrN2O3S/c1-3-20-14(19)13-17-11(7-21-13)12(18)16-9-4-5-10(15)8(2)6-9/h4-7H,3H2,1-2H3,(H,16,18). The highest BCUT2D eigenvalue weighted by Gasteiger charge is 2.16. The molecule has 0 aliphatic rings. The zero-order valence-corrected chi connectivity index (χ0v) is 13.9. The van der Waals surface area contributed by atoms with E-state index in [4.69, 9.17) is 4.74 Å². The van der Waals surface area contributed by atoms with E-state index in [0.717, 1.165) is 21.4 Å². The van der Waals surface area contributed by atoms with Gasteiger partial charge >= 0.3 is 5.97 Å². The van der Waals surface area contributed by atoms with Gasteiger partial charge in [-0.25, -0.2) is 9.78 Å². The van der Waals surface area contributed by atoms with Crippen LogP contribution in [0.4, 0.5) is 5.69 Å². The Morgan fingerprint density at radius 3 is 2.86 bits per heavy atom. The van der Waals surface area contributed by atoms with Crippen LogP contribution in [0, 0.1) is 6.92 Å². The van der Waals surface area contributed by atoms with Gasteiger partial charge in [0.15, 0.2) is 0 Å². The van der Waals surface area contributed by atoms with E-state index in [9.17, 15) is 9.59 Å². The maximum atomic E-state index is 12.1. The van der Waals surface area contributed by atoms with Gasteiger partial charge in [-0.15, -0.1) is 11.3 Å². The summed E-state index contributed by atoms with van der Waals surface area (Å²) in [6, 6.07) is 5.49. The number of carbonyl (C=O) groups excluding carboxylic acids is 2. The second-order valence-corrected chi connectivity index (χ2v) is 5.89. The maximum Gasteiger partial charge on any atom is 0.367 e. The van der Waals surface area contributed by atoms with Crippen molar-refractivity contribution < 1.29 is 14.3 Å². The first kappa shape index (κ1) is 15.7. The Hall–Kier alpha value is -1.73. The van der Waals surface area contributed by atoms with E-state index >= 15 is 0 Å². The number of thiazole rings is 1. The quantitative estimate of drug-likeness (QED) is 0.836. The summed E-state index contributed by atoms with van der Waals surface area (Å²) < 4.78 is 5.81. The molecule has 2 aromatic rings. The fourth-order valence-corrected chi connectivity index (χ4v) is 2.52. The van der Waals surface area contributed by atoms with Crippen molar-refractivity contribution in [2.24, 2.45) is 0 Å². The van der Waals surface area contributed by atoms with Crippen LogP contribution in [-0.4, -0.2) is 23.5 Å². The highest BCUT2D eigenvalue weighted by molar-refractivity contribution is 9.10. The molecule has 2 rings (SSSR count). The number of nitrogens with zero attached hydrogens (tertiary/aromatic N) is 1. The maximum absolute atomic E-state index is 12.1. The van der Waals surface area contributed by atoms with Crippen molar-refractivity contribution in [3.05, 3.63) is 44.3 Å². The van der Waals surface area contributed by atoms with Crippen LogP contribution in [0.1, 0.15) is 32.8 Å². The number of hydrogen-bond donors (Lipinski definition) is 1. The van der Waals surface area contributed by atoms with E-state index in [0.29, 0.717) is 5.69 Å². The number of rotatable bonds is 4. The summed E-state index contributed by atoms with van der Waals surface area (Å²) in [5, 5.41) is 4.45. The molecule has 0 aliphatic heterocycles. The summed E-state index contributed by atoms with van der Waals surface area (Å²) in [6.45, 7) is 3.93. The molecule has 1 aromatic carbocycles. The average molecular weight is 369 g/mol. The van der Waals surface area contributed by atoms with Gasteiger partial charge in [-0.05, 0) is 37.6 Å². The van der Waals surface area contributed by atoms with Gasteiger partial charge in [0, 0.05) is 15.5 Å². The summed E-state index contributed by atoms with van der Waals surface area (Å²) >= 11 is 4.49. The Labute approximate surface area is 134 Å². The predicted molar refractivity (Wildman–Crippen MR) is 84.9 cm³/mol. The van der Waals surface area contributed by atoms with E-state index in [2.05, 4.69) is 26.2 Å². The number of halogens is 1. The Balaban J connectivity index is 2.10. The van der Waals surface area contributed by atoms with E-state index in [1.54, 1.807) is 13.0 Å². The van der Waals surface area contributed by atoms with Crippen molar-refractivity contribution in [3.63, 3.8) is 0 Å². The number of nitrogens with one attached hydrogen (secondary N) is 1. The third kappa shape index (κ3) is 3.89. The SMILES string of the molecule is CCOC(=O)c1nc(C(=O)Nc2ccc(Br)c(C)c2)cs1. The van der Waals surface area contributed by atoms with Gasteiger partial charge in [-0.2, -0.15) is 0 Å². The van der Waals surface area contributed by atoms with E-state index < -0.39 is 5.97 Å². The van der Waals surface area contributed by atoms with Gasteiger partial charge in [0.25, 0.3) is 5.91 Å². The zero-order valence-electron chi connectivity index (χ0n) is 11.5. The zero-order chi connectivity index (χ0) is 15.4. The first-order valence-electron chi connectivity index (χ1n) is 6.21. The molecule has 1 aromatic heterocycles. The molecule has 7 heteroatoms. The number of aromatic nitrogens is 1. The van der Waals surface area contributed by atoms with E-state index in [-0.39, 0.29) is 23.2 Å². The molecular formula is C14H13BrN2O3S. The molecule has 0 bridgehead atoms.